The molecule has 0 bridgehead atoms. The normalized spacial score (nSPS) is 19.4. The Bertz CT molecular complexity index is 3070. The molecule has 4 aliphatic rings. The molecule has 0 aliphatic carbocycles. The summed E-state index contributed by atoms with van der Waals surface area (Å²) in [6.07, 6.45) is 46.9. The van der Waals surface area contributed by atoms with Gasteiger partial charge in [-0.2, -0.15) is 12.6 Å². The van der Waals surface area contributed by atoms with Gasteiger partial charge in [0.05, 0.1) is 42.5 Å². The van der Waals surface area contributed by atoms with Crippen LogP contribution in [0.2, 0.25) is 0 Å². The molecule has 0 spiro atoms. The quantitative estimate of drug-likeness (QED) is 0.00977. The summed E-state index contributed by atoms with van der Waals surface area (Å²) in [7, 11) is 0. The van der Waals surface area contributed by atoms with Crippen LogP contribution in [-0.2, 0) is 43.2 Å². The van der Waals surface area contributed by atoms with Crippen LogP contribution in [0.25, 0.3) is 0 Å². The lowest BCUT2D eigenvalue weighted by Gasteiger charge is -2.33. The number of rotatable bonds is 46. The maximum Gasteiger partial charge on any atom is 0.303 e. The Morgan fingerprint density at radius 3 is 1.19 bits per heavy atom. The van der Waals surface area contributed by atoms with E-state index in [0.29, 0.717) is 146 Å². The number of carbonyl (C=O) groups is 9. The Hall–Kier alpha value is -7.87. The van der Waals surface area contributed by atoms with E-state index in [1.54, 1.807) is 46.7 Å². The van der Waals surface area contributed by atoms with Crippen molar-refractivity contribution in [2.45, 2.75) is 265 Å². The smallest absolute Gasteiger partial charge is 0.303 e. The summed E-state index contributed by atoms with van der Waals surface area (Å²) in [5.74, 6) is -1.40. The van der Waals surface area contributed by atoms with Crippen molar-refractivity contribution in [2.24, 2.45) is 0 Å². The number of thiol groups is 1. The summed E-state index contributed by atoms with van der Waals surface area (Å²) in [5.41, 5.74) is 0. The van der Waals surface area contributed by atoms with Gasteiger partial charge in [0.1, 0.15) is 18.5 Å². The molecule has 4 heterocycles. The van der Waals surface area contributed by atoms with Gasteiger partial charge in [-0.15, -0.1) is 11.8 Å². The zero-order chi connectivity index (χ0) is 79.1. The van der Waals surface area contributed by atoms with E-state index in [2.05, 4.69) is 12.6 Å². The van der Waals surface area contributed by atoms with E-state index in [4.69, 9.17) is 25.2 Å². The minimum Gasteiger partial charge on any atom is -0.491 e. The van der Waals surface area contributed by atoms with Crippen molar-refractivity contribution >= 4 is 77.7 Å². The van der Waals surface area contributed by atoms with Gasteiger partial charge in [0.25, 0.3) is 0 Å². The molecule has 5 unspecified atom stereocenters. The van der Waals surface area contributed by atoms with Gasteiger partial charge in [0.2, 0.25) is 23.6 Å². The van der Waals surface area contributed by atoms with Gasteiger partial charge in [-0.05, 0) is 177 Å². The number of carboxylic acids is 4. The number of carboxylic acid groups (broad SMARTS) is 4. The van der Waals surface area contributed by atoms with Gasteiger partial charge in [-0.3, -0.25) is 43.2 Å². The van der Waals surface area contributed by atoms with Crippen LogP contribution in [0.4, 0.5) is 0 Å². The van der Waals surface area contributed by atoms with Crippen LogP contribution >= 0.6 is 24.4 Å². The summed E-state index contributed by atoms with van der Waals surface area (Å²) in [6.45, 7) is 5.95. The van der Waals surface area contributed by atoms with E-state index in [-0.39, 0.29) is 92.0 Å². The molecule has 108 heavy (non-hydrogen) atoms. The topological polar surface area (TPSA) is 338 Å². The average Bonchev–Trinajstić information content (AvgIpc) is 0.876. The molecule has 4 aliphatic heterocycles. The second-order valence-corrected chi connectivity index (χ2v) is 29.5. The van der Waals surface area contributed by atoms with Crippen LogP contribution in [-0.4, -0.2) is 206 Å². The van der Waals surface area contributed by atoms with Crippen molar-refractivity contribution in [3.05, 3.63) is 158 Å². The molecule has 2 aromatic carbocycles. The third-order valence-corrected chi connectivity index (χ3v) is 19.4. The lowest BCUT2D eigenvalue weighted by molar-refractivity contribution is -0.138. The molecule has 4 fully saturated rings. The predicted octanol–water partition coefficient (Wildman–Crippen LogP) is 13.5. The van der Waals surface area contributed by atoms with Crippen LogP contribution in [0.1, 0.15) is 206 Å². The second-order valence-electron chi connectivity index (χ2n) is 27.5. The number of likely N-dealkylation sites (tertiary alicyclic amines) is 4. The first-order chi connectivity index (χ1) is 51.9. The molecule has 0 saturated carbocycles. The van der Waals surface area contributed by atoms with Gasteiger partial charge in [0, 0.05) is 94.6 Å². The van der Waals surface area contributed by atoms with E-state index >= 15 is 0 Å². The lowest BCUT2D eigenvalue weighted by Crippen LogP contribution is -2.42. The fourth-order valence-corrected chi connectivity index (χ4v) is 13.1. The maximum atomic E-state index is 12.3. The third kappa shape index (κ3) is 45.8. The Labute approximate surface area is 649 Å². The third-order valence-electron chi connectivity index (χ3n) is 18.0. The molecule has 2 aromatic rings. The molecule has 4 saturated heterocycles. The van der Waals surface area contributed by atoms with Crippen molar-refractivity contribution in [2.75, 3.05) is 38.5 Å². The standard InChI is InChI=1S/C22H29NO5.C22H29NO4S.C20H31NO5.C20H33NO4S/c2*24-19(17-28-20-10-4-3-5-11-20)15-14-18-9-8-12-21(25)23(18)16-7-2-1-6-13-22(26)27;1-16(22)8-6-10-18(23)14-13-17-9-7-11-19(24)21(17)15-5-3-2-4-12-20(25)26;1-16(26)8-6-10-18(22)14-13-17-9-7-11-19(23)21(17)15-5-3-2-4-12-20(24)25/h2*2-5,7,10-11,14-15,18-19,24H,1,6,8-9,12-13,16-17H2,(H,26,27);3,5,13-14,16-17,22H,2,4,6-12,15H2,1H3,(H,25,26);3,5,13-14,16-18,22,26H,2,4,6-12,15H2,1H3,(H,24,25)/t2*18-,19?;16?,17-;16?,17-,18?/m1111/s1. The SMILES string of the molecule is CC(O)CCCC(=O)C=C[C@H]1CCCC(=O)N1CC=CCCCC(=O)O.CC(S)CCCC(O)C=C[C@H]1CCCC(=O)N1CC=CCCCC(=O)O.O=C(O)CCCC=CCN1C(=O)CCC[C@@H]1C=CC(O)COc1ccccc1.O=C(O)CCCC=CCN1C(=O)CCC[C@@H]1C=CC(O)CSc1ccccc1. The first-order valence-electron chi connectivity index (χ1n) is 38.6. The number of ether oxygens (including phenoxy) is 1. The molecule has 0 radical (unpaired) electrons. The number of aliphatic hydroxyl groups excluding tert-OH is 4. The number of ketones is 1. The maximum absolute atomic E-state index is 12.3. The highest BCUT2D eigenvalue weighted by atomic mass is 32.2. The molecule has 6 rings (SSSR count). The Morgan fingerprint density at radius 2 is 0.815 bits per heavy atom. The molecule has 4 amide bonds. The van der Waals surface area contributed by atoms with Gasteiger partial charge in [-0.1, -0.05) is 134 Å². The molecular weight excluding hydrogens is 1420 g/mol. The minimum atomic E-state index is -0.798. The summed E-state index contributed by atoms with van der Waals surface area (Å²) in [6, 6.07) is 19.2. The number of amides is 4. The first-order valence-corrected chi connectivity index (χ1v) is 40.1. The summed E-state index contributed by atoms with van der Waals surface area (Å²) in [5, 5.41) is 74.5. The number of aliphatic hydroxyl groups is 4. The molecule has 24 heteroatoms. The number of hydrogen-bond donors (Lipinski definition) is 9. The zero-order valence-corrected chi connectivity index (χ0v) is 65.2. The molecule has 598 valence electrons. The average molecular weight is 1540 g/mol. The number of allylic oxidation sites excluding steroid dienone is 5. The first kappa shape index (κ1) is 94.3. The van der Waals surface area contributed by atoms with Gasteiger partial charge in [-0.25, -0.2) is 0 Å². The number of thioether (sulfide) groups is 1. The molecule has 8 N–H and O–H groups in total. The largest absolute Gasteiger partial charge is 0.491 e. The fourth-order valence-electron chi connectivity index (χ4n) is 12.1. The molecule has 0 aromatic heterocycles. The molecule has 9 atom stereocenters. The highest BCUT2D eigenvalue weighted by Gasteiger charge is 2.29. The highest BCUT2D eigenvalue weighted by Crippen LogP contribution is 2.25. The summed E-state index contributed by atoms with van der Waals surface area (Å²) >= 11 is 5.95. The van der Waals surface area contributed by atoms with E-state index in [1.807, 2.05) is 156 Å². The number of hydrogen-bond acceptors (Lipinski definition) is 16. The molecular formula is C84H122N4O18S2. The number of piperidine rings is 4. The fraction of sp³-hybridized carbons (Fsp3) is 0.560. The highest BCUT2D eigenvalue weighted by molar-refractivity contribution is 7.99. The number of para-hydroxylation sites is 1. The second kappa shape index (κ2) is 58.1. The van der Waals surface area contributed by atoms with Gasteiger partial charge < -0.3 is 65.2 Å². The van der Waals surface area contributed by atoms with Crippen LogP contribution in [0, 0.1) is 0 Å². The van der Waals surface area contributed by atoms with Gasteiger partial charge in [0.15, 0.2) is 5.78 Å². The zero-order valence-electron chi connectivity index (χ0n) is 63.5. The number of aliphatic carboxylic acids is 4. The lowest BCUT2D eigenvalue weighted by atomic mass is 10.00. The predicted molar refractivity (Wildman–Crippen MR) is 426 cm³/mol. The van der Waals surface area contributed by atoms with Crippen LogP contribution in [0.5, 0.6) is 5.75 Å². The number of nitrogens with zero attached hydrogens (tertiary/aromatic N) is 4. The van der Waals surface area contributed by atoms with Crippen molar-refractivity contribution in [1.29, 1.82) is 0 Å². The van der Waals surface area contributed by atoms with E-state index < -0.39 is 42.2 Å². The Morgan fingerprint density at radius 1 is 0.454 bits per heavy atom. The summed E-state index contributed by atoms with van der Waals surface area (Å²) < 4.78 is 5.54. The van der Waals surface area contributed by atoms with Crippen molar-refractivity contribution < 1.29 is 88.7 Å². The van der Waals surface area contributed by atoms with Crippen LogP contribution in [0.15, 0.2) is 163 Å². The number of benzene rings is 2. The monoisotopic (exact) mass is 1540 g/mol. The summed E-state index contributed by atoms with van der Waals surface area (Å²) in [4.78, 5) is 111. The van der Waals surface area contributed by atoms with E-state index in [9.17, 15) is 63.6 Å². The van der Waals surface area contributed by atoms with E-state index in [0.717, 1.165) is 69.1 Å². The van der Waals surface area contributed by atoms with Crippen molar-refractivity contribution in [3.63, 3.8) is 0 Å². The number of unbranched alkanes of at least 4 members (excludes halogenated alkanes) is 4. The minimum absolute atomic E-state index is 0.00120. The molecule has 22 nitrogen and oxygen atoms in total. The van der Waals surface area contributed by atoms with Gasteiger partial charge >= 0.3 is 23.9 Å². The van der Waals surface area contributed by atoms with Crippen molar-refractivity contribution in [1.82, 2.24) is 19.6 Å². The Balaban J connectivity index is 0.000000374. The van der Waals surface area contributed by atoms with Crippen LogP contribution in [0.3, 0.4) is 0 Å². The van der Waals surface area contributed by atoms with Crippen LogP contribution < -0.4 is 4.74 Å². The Kier molecular flexibility index (Phi) is 50.8. The van der Waals surface area contributed by atoms with E-state index in [1.165, 1.54) is 0 Å². The van der Waals surface area contributed by atoms with Crippen molar-refractivity contribution in [3.8, 4) is 5.75 Å². The number of carbonyl (C=O) groups excluding carboxylic acids is 5.